The summed E-state index contributed by atoms with van der Waals surface area (Å²) < 4.78 is 5.29. The van der Waals surface area contributed by atoms with Crippen LogP contribution in [0.25, 0.3) is 10.9 Å². The zero-order chi connectivity index (χ0) is 23.1. The Labute approximate surface area is 188 Å². The first kappa shape index (κ1) is 24.0. The van der Waals surface area contributed by atoms with E-state index in [1.54, 1.807) is 11.1 Å². The van der Waals surface area contributed by atoms with Crippen molar-refractivity contribution in [1.82, 2.24) is 20.5 Å². The number of morpholine rings is 1. The Balaban J connectivity index is 1.78. The predicted octanol–water partition coefficient (Wildman–Crippen LogP) is 0.731. The number of urea groups is 1. The van der Waals surface area contributed by atoms with Gasteiger partial charge in [-0.2, -0.15) is 0 Å². The molecule has 0 aliphatic carbocycles. The number of nitrogens with zero attached hydrogens (tertiary/aromatic N) is 2. The average Bonchev–Trinajstić information content (AvgIpc) is 2.78. The van der Waals surface area contributed by atoms with Gasteiger partial charge in [0.25, 0.3) is 0 Å². The lowest BCUT2D eigenvalue weighted by atomic mass is 9.75. The molecule has 4 N–H and O–H groups in total. The van der Waals surface area contributed by atoms with Crippen LogP contribution >= 0.6 is 0 Å². The van der Waals surface area contributed by atoms with E-state index < -0.39 is 25.0 Å². The Kier molecular flexibility index (Phi) is 8.43. The molecule has 10 heteroatoms. The lowest BCUT2D eigenvalue weighted by Crippen LogP contribution is -2.57. The van der Waals surface area contributed by atoms with Gasteiger partial charge in [0.15, 0.2) is 0 Å². The second-order valence-electron chi connectivity index (χ2n) is 8.49. The van der Waals surface area contributed by atoms with Crippen LogP contribution < -0.4 is 10.6 Å². The normalized spacial score (nSPS) is 16.0. The second kappa shape index (κ2) is 11.3. The fraction of sp³-hybridized carbons (Fsp3) is 0.500. The minimum Gasteiger partial charge on any atom is -0.426 e. The summed E-state index contributed by atoms with van der Waals surface area (Å²) in [5.74, 6) is -1.14. The molecule has 1 fully saturated rings. The van der Waals surface area contributed by atoms with E-state index in [1.165, 1.54) is 0 Å². The Hall–Kier alpha value is -2.69. The minimum atomic E-state index is -1.69. The number of fused-ring (bicyclic) bond motifs is 1. The first-order valence-electron chi connectivity index (χ1n) is 11.0. The number of rotatable bonds is 8. The first-order chi connectivity index (χ1) is 15.3. The molecule has 3 rings (SSSR count). The van der Waals surface area contributed by atoms with Crippen LogP contribution in [0.1, 0.15) is 25.8 Å². The van der Waals surface area contributed by atoms with Gasteiger partial charge in [0.2, 0.25) is 5.91 Å². The van der Waals surface area contributed by atoms with E-state index in [4.69, 9.17) is 4.74 Å². The Bertz CT molecular complexity index is 920. The molecular formula is C22H31BN4O5. The number of pyridine rings is 1. The van der Waals surface area contributed by atoms with Crippen molar-refractivity contribution in [3.05, 3.63) is 42.1 Å². The van der Waals surface area contributed by atoms with E-state index >= 15 is 0 Å². The molecule has 0 spiro atoms. The molecule has 1 aliphatic heterocycles. The summed E-state index contributed by atoms with van der Waals surface area (Å²) in [4.78, 5) is 31.8. The Morgan fingerprint density at radius 2 is 1.94 bits per heavy atom. The number of benzene rings is 1. The van der Waals surface area contributed by atoms with Gasteiger partial charge in [-0.1, -0.05) is 26.0 Å². The van der Waals surface area contributed by atoms with Crippen molar-refractivity contribution in [1.29, 1.82) is 0 Å². The first-order valence-corrected chi connectivity index (χ1v) is 11.0. The molecule has 1 aromatic carbocycles. The smallest absolute Gasteiger partial charge is 0.426 e. The van der Waals surface area contributed by atoms with Crippen molar-refractivity contribution < 1.29 is 24.4 Å². The third-order valence-corrected chi connectivity index (χ3v) is 5.43. The number of hydrogen-bond acceptors (Lipinski definition) is 6. The molecule has 1 unspecified atom stereocenters. The fourth-order valence-electron chi connectivity index (χ4n) is 3.75. The van der Waals surface area contributed by atoms with Gasteiger partial charge in [0.1, 0.15) is 6.04 Å². The van der Waals surface area contributed by atoms with Gasteiger partial charge in [-0.05, 0) is 36.1 Å². The summed E-state index contributed by atoms with van der Waals surface area (Å²) in [6, 6.07) is 8.25. The van der Waals surface area contributed by atoms with Crippen LogP contribution in [0, 0.1) is 5.92 Å². The second-order valence-corrected chi connectivity index (χ2v) is 8.49. The zero-order valence-corrected chi connectivity index (χ0v) is 18.5. The van der Waals surface area contributed by atoms with Gasteiger partial charge in [-0.15, -0.1) is 0 Å². The van der Waals surface area contributed by atoms with E-state index in [0.717, 1.165) is 16.5 Å². The quantitative estimate of drug-likeness (QED) is 0.447. The van der Waals surface area contributed by atoms with E-state index in [2.05, 4.69) is 15.6 Å². The molecule has 1 aromatic heterocycles. The molecule has 2 atom stereocenters. The summed E-state index contributed by atoms with van der Waals surface area (Å²) in [5, 5.41) is 25.9. The van der Waals surface area contributed by atoms with Crippen molar-refractivity contribution in [3.8, 4) is 0 Å². The van der Waals surface area contributed by atoms with Gasteiger partial charge < -0.3 is 30.3 Å². The highest BCUT2D eigenvalue weighted by Gasteiger charge is 2.31. The third-order valence-electron chi connectivity index (χ3n) is 5.43. The number of carbonyl (C=O) groups is 2. The van der Waals surface area contributed by atoms with Gasteiger partial charge in [0.05, 0.1) is 24.7 Å². The number of carbonyl (C=O) groups excluding carboxylic acids is 2. The van der Waals surface area contributed by atoms with E-state index in [-0.39, 0.29) is 18.4 Å². The van der Waals surface area contributed by atoms with Crippen LogP contribution in [0.15, 0.2) is 36.5 Å². The van der Waals surface area contributed by atoms with Crippen LogP contribution in [0.5, 0.6) is 0 Å². The number of ether oxygens (including phenoxy) is 1. The monoisotopic (exact) mass is 442 g/mol. The highest BCUT2D eigenvalue weighted by atomic mass is 16.5. The van der Waals surface area contributed by atoms with Crippen molar-refractivity contribution in [2.75, 3.05) is 26.3 Å². The van der Waals surface area contributed by atoms with Crippen molar-refractivity contribution >= 4 is 30.0 Å². The molecule has 1 saturated heterocycles. The predicted molar refractivity (Wildman–Crippen MR) is 122 cm³/mol. The molecule has 172 valence electrons. The lowest BCUT2D eigenvalue weighted by molar-refractivity contribution is -0.123. The van der Waals surface area contributed by atoms with E-state index in [0.29, 0.717) is 32.7 Å². The van der Waals surface area contributed by atoms with Gasteiger partial charge >= 0.3 is 13.1 Å². The van der Waals surface area contributed by atoms with Crippen LogP contribution in [0.2, 0.25) is 0 Å². The molecular weight excluding hydrogens is 411 g/mol. The Morgan fingerprint density at radius 1 is 1.19 bits per heavy atom. The number of hydrogen-bond donors (Lipinski definition) is 4. The van der Waals surface area contributed by atoms with Crippen LogP contribution in [-0.4, -0.2) is 77.3 Å². The summed E-state index contributed by atoms with van der Waals surface area (Å²) in [7, 11) is -1.69. The highest BCUT2D eigenvalue weighted by molar-refractivity contribution is 6.43. The molecule has 0 bridgehead atoms. The fourth-order valence-corrected chi connectivity index (χ4v) is 3.75. The molecule has 3 amide bonds. The molecule has 0 radical (unpaired) electrons. The zero-order valence-electron chi connectivity index (χ0n) is 18.5. The van der Waals surface area contributed by atoms with Gasteiger partial charge in [-0.25, -0.2) is 4.79 Å². The molecule has 2 heterocycles. The largest absolute Gasteiger partial charge is 0.475 e. The number of nitrogens with one attached hydrogen (secondary N) is 2. The van der Waals surface area contributed by atoms with E-state index in [9.17, 15) is 19.6 Å². The lowest BCUT2D eigenvalue weighted by Gasteiger charge is -2.30. The maximum Gasteiger partial charge on any atom is 0.475 e. The average molecular weight is 442 g/mol. The molecule has 2 aromatic rings. The van der Waals surface area contributed by atoms with Crippen LogP contribution in [0.3, 0.4) is 0 Å². The maximum absolute atomic E-state index is 13.1. The summed E-state index contributed by atoms with van der Waals surface area (Å²) >= 11 is 0. The molecule has 0 saturated carbocycles. The van der Waals surface area contributed by atoms with Crippen molar-refractivity contribution in [2.45, 2.75) is 38.7 Å². The summed E-state index contributed by atoms with van der Waals surface area (Å²) in [6.07, 6.45) is 2.37. The molecule has 32 heavy (non-hydrogen) atoms. The number of aromatic nitrogens is 1. The molecule has 9 nitrogen and oxygen atoms in total. The molecule has 1 aliphatic rings. The maximum atomic E-state index is 13.1. The van der Waals surface area contributed by atoms with Crippen molar-refractivity contribution in [3.63, 3.8) is 0 Å². The topological polar surface area (TPSA) is 124 Å². The third kappa shape index (κ3) is 6.65. The van der Waals surface area contributed by atoms with E-state index in [1.807, 2.05) is 44.2 Å². The van der Waals surface area contributed by atoms with Crippen molar-refractivity contribution in [2.24, 2.45) is 5.92 Å². The highest BCUT2D eigenvalue weighted by Crippen LogP contribution is 2.15. The van der Waals surface area contributed by atoms with Crippen LogP contribution in [-0.2, 0) is 16.0 Å². The summed E-state index contributed by atoms with van der Waals surface area (Å²) in [5.41, 5.74) is 1.70. The van der Waals surface area contributed by atoms with Crippen LogP contribution in [0.4, 0.5) is 4.79 Å². The standard InChI is InChI=1S/C22H31BN4O5/c1-15(2)12-20(23(30)31)26-21(28)19(25-22(29)27-8-10-32-11-9-27)14-16-5-6-18-17(13-16)4-3-7-24-18/h3-7,13,15,19-20,30-31H,8-12,14H2,1-2H3,(H,25,29)(H,26,28)/t19?,20-/m0/s1. The SMILES string of the molecule is CC(C)C[C@H](NC(=O)C(Cc1ccc2ncccc2c1)NC(=O)N1CCOCC1)B(O)O. The van der Waals surface area contributed by atoms with Gasteiger partial charge in [-0.3, -0.25) is 9.78 Å². The van der Waals surface area contributed by atoms with Gasteiger partial charge in [0, 0.05) is 31.1 Å². The minimum absolute atomic E-state index is 0.150. The number of amides is 3. The Morgan fingerprint density at radius 3 is 2.62 bits per heavy atom. The summed E-state index contributed by atoms with van der Waals surface area (Å²) in [6.45, 7) is 5.68.